The van der Waals surface area contributed by atoms with Crippen LogP contribution in [-0.2, 0) is 123 Å². The zero-order chi connectivity index (χ0) is 66.3. The zero-order valence-corrected chi connectivity index (χ0v) is 55.9. The Morgan fingerprint density at radius 2 is 0.413 bits per heavy atom. The highest BCUT2D eigenvalue weighted by molar-refractivity contribution is 5.69. The van der Waals surface area contributed by atoms with Gasteiger partial charge in [-0.3, -0.25) is 9.69 Å². The van der Waals surface area contributed by atoms with Crippen molar-refractivity contribution < 1.29 is 123 Å². The van der Waals surface area contributed by atoms with E-state index >= 15 is 0 Å². The second-order valence-corrected chi connectivity index (χ2v) is 19.8. The first-order chi connectivity index (χ1) is 45.4. The minimum absolute atomic E-state index is 0.214. The zero-order valence-electron chi connectivity index (χ0n) is 55.9. The van der Waals surface area contributed by atoms with E-state index in [1.807, 2.05) is 20.8 Å². The Labute approximate surface area is 546 Å². The fourth-order valence-electron chi connectivity index (χ4n) is 6.69. The highest BCUT2D eigenvalue weighted by Gasteiger charge is 2.16. The van der Waals surface area contributed by atoms with Crippen LogP contribution in [0.1, 0.15) is 27.2 Å². The monoisotopic (exact) mass is 1340 g/mol. The number of esters is 1. The van der Waals surface area contributed by atoms with Gasteiger partial charge in [0.1, 0.15) is 5.60 Å². The topological polar surface area (TPSA) is 349 Å². The third-order valence-corrected chi connectivity index (χ3v) is 11.1. The normalized spacial score (nSPS) is 11.7. The Balaban J connectivity index is 4.03. The second-order valence-electron chi connectivity index (χ2n) is 19.8. The van der Waals surface area contributed by atoms with Crippen molar-refractivity contribution >= 4 is 5.97 Å². The smallest absolute Gasteiger partial charge is 0.308 e. The molecule has 0 aromatic carbocycles. The van der Waals surface area contributed by atoms with Gasteiger partial charge in [0.05, 0.1) is 324 Å². The highest BCUT2D eigenvalue weighted by Crippen LogP contribution is 2.08. The molecular formula is C59H117N7O26. The van der Waals surface area contributed by atoms with Crippen molar-refractivity contribution in [2.75, 3.05) is 350 Å². The maximum atomic E-state index is 11.7. The third kappa shape index (κ3) is 81.3. The second kappa shape index (κ2) is 78.8. The Bertz CT molecular complexity index is 1500. The summed E-state index contributed by atoms with van der Waals surface area (Å²) in [4.78, 5) is 19.2. The van der Waals surface area contributed by atoms with Gasteiger partial charge in [-0.05, 0) is 31.8 Å². The van der Waals surface area contributed by atoms with E-state index in [1.54, 1.807) is 0 Å². The number of hydrogen-bond donors (Lipinski definition) is 0. The molecule has 0 amide bonds. The van der Waals surface area contributed by atoms with Gasteiger partial charge in [-0.25, -0.2) is 0 Å². The molecule has 0 aromatic rings. The summed E-state index contributed by atoms with van der Waals surface area (Å²) < 4.78 is 139. The lowest BCUT2D eigenvalue weighted by Crippen LogP contribution is -2.34. The van der Waals surface area contributed by atoms with E-state index < -0.39 is 5.60 Å². The molecule has 0 rings (SSSR count). The molecule has 0 aliphatic carbocycles. The molecule has 0 radical (unpaired) electrons. The molecule has 0 atom stereocenters. The molecule has 0 bridgehead atoms. The van der Waals surface area contributed by atoms with Crippen LogP contribution in [0, 0.1) is 0 Å². The van der Waals surface area contributed by atoms with Crippen molar-refractivity contribution in [3.05, 3.63) is 20.9 Å². The van der Waals surface area contributed by atoms with Crippen molar-refractivity contribution in [1.82, 2.24) is 4.90 Å². The summed E-state index contributed by atoms with van der Waals surface area (Å²) in [6.45, 7) is 30.0. The van der Waals surface area contributed by atoms with Gasteiger partial charge in [-0.15, -0.1) is 0 Å². The summed E-state index contributed by atoms with van der Waals surface area (Å²) >= 11 is 0. The molecule has 544 valence electrons. The number of rotatable bonds is 81. The van der Waals surface area contributed by atoms with Gasteiger partial charge in [0.15, 0.2) is 0 Å². The lowest BCUT2D eigenvalue weighted by molar-refractivity contribution is -0.156. The lowest BCUT2D eigenvalue weighted by Gasteiger charge is -2.22. The van der Waals surface area contributed by atoms with Crippen molar-refractivity contribution in [3.63, 3.8) is 0 Å². The molecule has 0 saturated heterocycles. The van der Waals surface area contributed by atoms with E-state index in [0.717, 1.165) is 0 Å². The van der Waals surface area contributed by atoms with E-state index in [0.29, 0.717) is 350 Å². The van der Waals surface area contributed by atoms with Crippen molar-refractivity contribution in [2.24, 2.45) is 10.2 Å². The summed E-state index contributed by atoms with van der Waals surface area (Å²) in [5, 5.41) is 6.78. The van der Waals surface area contributed by atoms with Crippen molar-refractivity contribution in [3.8, 4) is 0 Å². The lowest BCUT2D eigenvalue weighted by atomic mass is 10.2. The van der Waals surface area contributed by atoms with Crippen LogP contribution in [0.3, 0.4) is 0 Å². The van der Waals surface area contributed by atoms with E-state index in [9.17, 15) is 4.79 Å². The fourth-order valence-corrected chi connectivity index (χ4v) is 6.69. The standard InChI is InChI=1S/C59H117N7O26/c1-59(2,3)92-58(67)4-10-68-16-22-74-28-34-80-40-46-86-52-55-89-49-43-83-37-31-77-25-19-71-13-7-66(8-14-72-20-26-78-32-38-84-44-50-90-56-53-87-47-41-81-35-29-75-23-17-69-11-5-62-64-60)9-15-73-21-27-79-33-39-85-45-51-91-57-54-88-48-42-82-36-30-76-24-18-70-12-6-63-65-61/h4-57H2,1-3H3. The third-order valence-electron chi connectivity index (χ3n) is 11.1. The van der Waals surface area contributed by atoms with Crippen molar-refractivity contribution in [2.45, 2.75) is 32.8 Å². The van der Waals surface area contributed by atoms with Crippen LogP contribution in [0.15, 0.2) is 10.2 Å². The average Bonchev–Trinajstić information content (AvgIpc) is 3.68. The van der Waals surface area contributed by atoms with Gasteiger partial charge in [-0.1, -0.05) is 10.2 Å². The Morgan fingerprint density at radius 1 is 0.261 bits per heavy atom. The molecule has 0 N–H and O–H groups in total. The van der Waals surface area contributed by atoms with Crippen LogP contribution in [-0.4, -0.2) is 366 Å². The van der Waals surface area contributed by atoms with Gasteiger partial charge in [0.25, 0.3) is 0 Å². The maximum Gasteiger partial charge on any atom is 0.308 e. The molecular weight excluding hydrogens is 1220 g/mol. The molecule has 0 unspecified atom stereocenters. The molecule has 92 heavy (non-hydrogen) atoms. The average molecular weight is 1340 g/mol. The van der Waals surface area contributed by atoms with E-state index in [2.05, 4.69) is 25.0 Å². The number of carbonyl (C=O) groups excluding carboxylic acids is 1. The van der Waals surface area contributed by atoms with Gasteiger partial charge in [-0.2, -0.15) is 0 Å². The highest BCUT2D eigenvalue weighted by atomic mass is 16.6. The van der Waals surface area contributed by atoms with Crippen molar-refractivity contribution in [1.29, 1.82) is 0 Å². The fraction of sp³-hybridized carbons (Fsp3) is 0.983. The molecule has 33 nitrogen and oxygen atoms in total. The van der Waals surface area contributed by atoms with E-state index in [1.165, 1.54) is 0 Å². The van der Waals surface area contributed by atoms with Gasteiger partial charge < -0.3 is 118 Å². The van der Waals surface area contributed by atoms with E-state index in [4.69, 9.17) is 129 Å². The van der Waals surface area contributed by atoms with Gasteiger partial charge >= 0.3 is 5.97 Å². The first-order valence-electron chi connectivity index (χ1n) is 32.2. The van der Waals surface area contributed by atoms with Crippen LogP contribution >= 0.6 is 0 Å². The Kier molecular flexibility index (Phi) is 76.3. The summed E-state index contributed by atoms with van der Waals surface area (Å²) in [6, 6.07) is 0. The summed E-state index contributed by atoms with van der Waals surface area (Å²) in [5.74, 6) is -0.278. The molecule has 0 aliphatic heterocycles. The van der Waals surface area contributed by atoms with Gasteiger partial charge in [0, 0.05) is 42.5 Å². The number of carbonyl (C=O) groups is 1. The van der Waals surface area contributed by atoms with Gasteiger partial charge in [0.2, 0.25) is 0 Å². The summed E-state index contributed by atoms with van der Waals surface area (Å²) in [6.07, 6.45) is 0.214. The maximum absolute atomic E-state index is 11.7. The quantitative estimate of drug-likeness (QED) is 0.0278. The first kappa shape index (κ1) is 89.1. The predicted octanol–water partition coefficient (Wildman–Crippen LogP) is 3.04. The van der Waals surface area contributed by atoms with Crippen LogP contribution < -0.4 is 0 Å². The molecule has 0 aliphatic rings. The molecule has 0 saturated carbocycles. The van der Waals surface area contributed by atoms with Crippen LogP contribution in [0.4, 0.5) is 0 Å². The number of nitrogens with zero attached hydrogens (tertiary/aromatic N) is 7. The predicted molar refractivity (Wildman–Crippen MR) is 335 cm³/mol. The largest absolute Gasteiger partial charge is 0.460 e. The Morgan fingerprint density at radius 3 is 0.576 bits per heavy atom. The number of azide groups is 2. The minimum Gasteiger partial charge on any atom is -0.460 e. The number of hydrogen-bond acceptors (Lipinski definition) is 29. The molecule has 0 spiro atoms. The molecule has 0 aromatic heterocycles. The SMILES string of the molecule is CC(C)(C)OC(=O)CCOCCOCCOCCOCCOCCOCCOCCOCCN(CCOCCOCCOCCOCCOCCOCCOCCOCCN=[N+]=[N-])CCOCCOCCOCCOCCOCCOCCOCCOCCN=[N+]=[N-]. The minimum atomic E-state index is -0.495. The van der Waals surface area contributed by atoms with E-state index in [-0.39, 0.29) is 12.4 Å². The summed E-state index contributed by atoms with van der Waals surface area (Å²) in [7, 11) is 0. The van der Waals surface area contributed by atoms with Crippen LogP contribution in [0.2, 0.25) is 0 Å². The molecule has 33 heteroatoms. The molecule has 0 fully saturated rings. The summed E-state index contributed by atoms with van der Waals surface area (Å²) in [5.41, 5.74) is 15.9. The number of ether oxygens (including phenoxy) is 25. The molecule has 0 heterocycles. The first-order valence-corrected chi connectivity index (χ1v) is 32.2. The van der Waals surface area contributed by atoms with Crippen LogP contribution in [0.5, 0.6) is 0 Å². The van der Waals surface area contributed by atoms with Crippen LogP contribution in [0.25, 0.3) is 20.9 Å². The Hall–Kier alpha value is -2.91.